The molecule has 2 aromatic carbocycles. The van der Waals surface area contributed by atoms with E-state index in [9.17, 15) is 4.79 Å². The summed E-state index contributed by atoms with van der Waals surface area (Å²) in [6.45, 7) is 4.32. The fourth-order valence-electron chi connectivity index (χ4n) is 3.17. The number of hydrogen-bond donors (Lipinski definition) is 1. The number of carbonyl (C=O) groups excluding carboxylic acids is 1. The molecule has 2 aromatic rings. The van der Waals surface area contributed by atoms with Crippen LogP contribution in [0, 0.1) is 0 Å². The van der Waals surface area contributed by atoms with Gasteiger partial charge in [0.15, 0.2) is 0 Å². The van der Waals surface area contributed by atoms with Crippen LogP contribution in [0.3, 0.4) is 0 Å². The van der Waals surface area contributed by atoms with Gasteiger partial charge in [-0.3, -0.25) is 4.79 Å². The molecule has 0 atom stereocenters. The van der Waals surface area contributed by atoms with Crippen molar-refractivity contribution >= 4 is 11.6 Å². The summed E-state index contributed by atoms with van der Waals surface area (Å²) in [6, 6.07) is 14.2. The zero-order chi connectivity index (χ0) is 15.5. The maximum absolute atomic E-state index is 12.7. The molecule has 2 heteroatoms. The van der Waals surface area contributed by atoms with Crippen molar-refractivity contribution in [1.29, 1.82) is 0 Å². The molecule has 0 saturated heterocycles. The van der Waals surface area contributed by atoms with Gasteiger partial charge < -0.3 is 5.32 Å². The number of fused-ring (bicyclic) bond motifs is 1. The summed E-state index contributed by atoms with van der Waals surface area (Å²) in [5.74, 6) is 0.473. The van der Waals surface area contributed by atoms with E-state index in [0.29, 0.717) is 5.92 Å². The number of anilines is 1. The maximum atomic E-state index is 12.7. The molecule has 0 fully saturated rings. The van der Waals surface area contributed by atoms with Crippen LogP contribution in [0.5, 0.6) is 0 Å². The van der Waals surface area contributed by atoms with E-state index in [0.717, 1.165) is 24.1 Å². The molecule has 0 saturated carbocycles. The van der Waals surface area contributed by atoms with Crippen molar-refractivity contribution in [3.63, 3.8) is 0 Å². The predicted octanol–water partition coefficient (Wildman–Crippen LogP) is 4.94. The summed E-state index contributed by atoms with van der Waals surface area (Å²) in [6.07, 6.45) is 4.53. The van der Waals surface area contributed by atoms with Crippen LogP contribution in [-0.4, -0.2) is 5.91 Å². The normalized spacial score (nSPS) is 13.8. The van der Waals surface area contributed by atoms with E-state index in [1.807, 2.05) is 24.3 Å². The molecule has 1 aliphatic carbocycles. The van der Waals surface area contributed by atoms with Crippen LogP contribution in [0.4, 0.5) is 5.69 Å². The molecule has 1 amide bonds. The number of hydrogen-bond acceptors (Lipinski definition) is 1. The van der Waals surface area contributed by atoms with Crippen molar-refractivity contribution in [2.75, 3.05) is 5.32 Å². The molecule has 0 aliphatic heterocycles. The number of rotatable bonds is 3. The van der Waals surface area contributed by atoms with Gasteiger partial charge in [-0.05, 0) is 66.5 Å². The minimum atomic E-state index is 0.0136. The molecular weight excluding hydrogens is 270 g/mol. The summed E-state index contributed by atoms with van der Waals surface area (Å²) in [5.41, 5.74) is 5.55. The second-order valence-electron chi connectivity index (χ2n) is 6.38. The van der Waals surface area contributed by atoms with E-state index in [1.54, 1.807) is 0 Å². The highest BCUT2D eigenvalue weighted by Gasteiger charge is 2.17. The number of benzene rings is 2. The first-order valence-electron chi connectivity index (χ1n) is 8.17. The largest absolute Gasteiger partial charge is 0.322 e. The lowest BCUT2D eigenvalue weighted by molar-refractivity contribution is 0.102. The van der Waals surface area contributed by atoms with Crippen molar-refractivity contribution in [2.24, 2.45) is 0 Å². The lowest BCUT2D eigenvalue weighted by atomic mass is 9.88. The summed E-state index contributed by atoms with van der Waals surface area (Å²) in [7, 11) is 0. The fourth-order valence-corrected chi connectivity index (χ4v) is 3.17. The minimum absolute atomic E-state index is 0.0136. The zero-order valence-electron chi connectivity index (χ0n) is 13.4. The molecule has 1 aliphatic rings. The van der Waals surface area contributed by atoms with E-state index in [4.69, 9.17) is 0 Å². The number of aryl methyl sites for hydroxylation is 1. The molecule has 3 rings (SSSR count). The fraction of sp³-hybridized carbons (Fsp3) is 0.350. The van der Waals surface area contributed by atoms with Crippen molar-refractivity contribution in [3.05, 3.63) is 64.7 Å². The minimum Gasteiger partial charge on any atom is -0.322 e. The lowest BCUT2D eigenvalue weighted by Crippen LogP contribution is -2.17. The molecule has 22 heavy (non-hydrogen) atoms. The molecule has 1 N–H and O–H groups in total. The van der Waals surface area contributed by atoms with Crippen molar-refractivity contribution in [1.82, 2.24) is 0 Å². The van der Waals surface area contributed by atoms with Gasteiger partial charge in [-0.1, -0.05) is 38.1 Å². The quantitative estimate of drug-likeness (QED) is 0.853. The second kappa shape index (κ2) is 6.35. The van der Waals surface area contributed by atoms with Crippen LogP contribution in [-0.2, 0) is 12.8 Å². The lowest BCUT2D eigenvalue weighted by Gasteiger charge is -2.19. The highest BCUT2D eigenvalue weighted by molar-refractivity contribution is 6.05. The van der Waals surface area contributed by atoms with E-state index in [-0.39, 0.29) is 5.91 Å². The molecule has 0 aromatic heterocycles. The Bertz CT molecular complexity index is 688. The van der Waals surface area contributed by atoms with E-state index < -0.39 is 0 Å². The zero-order valence-corrected chi connectivity index (χ0v) is 13.4. The Morgan fingerprint density at radius 3 is 2.64 bits per heavy atom. The third kappa shape index (κ3) is 3.06. The molecule has 0 heterocycles. The molecule has 114 valence electrons. The monoisotopic (exact) mass is 293 g/mol. The third-order valence-corrected chi connectivity index (χ3v) is 4.45. The van der Waals surface area contributed by atoms with E-state index >= 15 is 0 Å². The van der Waals surface area contributed by atoms with Crippen LogP contribution in [0.2, 0.25) is 0 Å². The Morgan fingerprint density at radius 1 is 1.05 bits per heavy atom. The van der Waals surface area contributed by atoms with Gasteiger partial charge in [-0.25, -0.2) is 0 Å². The standard InChI is InChI=1S/C20H23NO/c1-14(2)16-9-5-10-17(13-16)21-20(22)19-12-6-8-15-7-3-4-11-18(15)19/h5-6,8-10,12-14H,3-4,7,11H2,1-2H3,(H,21,22). The highest BCUT2D eigenvalue weighted by atomic mass is 16.1. The Labute approximate surface area is 132 Å². The highest BCUT2D eigenvalue weighted by Crippen LogP contribution is 2.25. The second-order valence-corrected chi connectivity index (χ2v) is 6.38. The third-order valence-electron chi connectivity index (χ3n) is 4.45. The molecular formula is C20H23NO. The van der Waals surface area contributed by atoms with Gasteiger partial charge in [0.1, 0.15) is 0 Å². The van der Waals surface area contributed by atoms with Gasteiger partial charge in [0.05, 0.1) is 0 Å². The summed E-state index contributed by atoms with van der Waals surface area (Å²) < 4.78 is 0. The van der Waals surface area contributed by atoms with Gasteiger partial charge in [0, 0.05) is 11.3 Å². The molecule has 0 unspecified atom stereocenters. The first-order valence-corrected chi connectivity index (χ1v) is 8.17. The SMILES string of the molecule is CC(C)c1cccc(NC(=O)c2cccc3c2CCCC3)c1. The Hall–Kier alpha value is -2.09. The summed E-state index contributed by atoms with van der Waals surface area (Å²) in [4.78, 5) is 12.7. The van der Waals surface area contributed by atoms with Crippen LogP contribution >= 0.6 is 0 Å². The molecule has 0 bridgehead atoms. The summed E-state index contributed by atoms with van der Waals surface area (Å²) >= 11 is 0. The predicted molar refractivity (Wildman–Crippen MR) is 91.6 cm³/mol. The first-order chi connectivity index (χ1) is 10.6. The maximum Gasteiger partial charge on any atom is 0.255 e. The van der Waals surface area contributed by atoms with Gasteiger partial charge in [0.2, 0.25) is 0 Å². The topological polar surface area (TPSA) is 29.1 Å². The van der Waals surface area contributed by atoms with Gasteiger partial charge in [0.25, 0.3) is 5.91 Å². The van der Waals surface area contributed by atoms with E-state index in [1.165, 1.54) is 29.5 Å². The molecule has 0 radical (unpaired) electrons. The number of nitrogens with one attached hydrogen (secondary N) is 1. The number of amides is 1. The smallest absolute Gasteiger partial charge is 0.255 e. The van der Waals surface area contributed by atoms with E-state index in [2.05, 4.69) is 37.4 Å². The van der Waals surface area contributed by atoms with Crippen molar-refractivity contribution < 1.29 is 4.79 Å². The van der Waals surface area contributed by atoms with Gasteiger partial charge >= 0.3 is 0 Å². The van der Waals surface area contributed by atoms with Crippen molar-refractivity contribution in [3.8, 4) is 0 Å². The molecule has 0 spiro atoms. The van der Waals surface area contributed by atoms with Crippen LogP contribution < -0.4 is 5.32 Å². The Balaban J connectivity index is 1.85. The van der Waals surface area contributed by atoms with Crippen LogP contribution in [0.1, 0.15) is 59.7 Å². The average molecular weight is 293 g/mol. The van der Waals surface area contributed by atoms with Gasteiger partial charge in [-0.2, -0.15) is 0 Å². The van der Waals surface area contributed by atoms with Crippen LogP contribution in [0.15, 0.2) is 42.5 Å². The Morgan fingerprint density at radius 2 is 1.82 bits per heavy atom. The average Bonchev–Trinajstić information content (AvgIpc) is 2.54. The first kappa shape index (κ1) is 14.8. The number of carbonyl (C=O) groups is 1. The Kier molecular flexibility index (Phi) is 4.28. The van der Waals surface area contributed by atoms with Crippen LogP contribution in [0.25, 0.3) is 0 Å². The summed E-state index contributed by atoms with van der Waals surface area (Å²) in [5, 5.41) is 3.06. The van der Waals surface area contributed by atoms with Crippen molar-refractivity contribution in [2.45, 2.75) is 45.4 Å². The van der Waals surface area contributed by atoms with Gasteiger partial charge in [-0.15, -0.1) is 0 Å². The molecule has 2 nitrogen and oxygen atoms in total.